The minimum Gasteiger partial charge on any atom is -0.462 e. The lowest BCUT2D eigenvalue weighted by Crippen LogP contribution is -2.41. The zero-order valence-electron chi connectivity index (χ0n) is 12.1. The predicted octanol–water partition coefficient (Wildman–Crippen LogP) is 3.60. The average molecular weight is 261 g/mol. The van der Waals surface area contributed by atoms with E-state index in [1.807, 2.05) is 0 Å². The second-order valence-electron chi connectivity index (χ2n) is 6.22. The Hall–Kier alpha value is -1.30. The molecule has 0 aromatic rings. The van der Waals surface area contributed by atoms with Crippen LogP contribution in [0.5, 0.6) is 0 Å². The SMILES string of the molecule is CC(=O)O[C@H]1CCC[C@]2(C)C(C(C)CC#N)=CC[C@@H]12. The third-order valence-corrected chi connectivity index (χ3v) is 4.95. The maximum absolute atomic E-state index is 11.2. The Bertz CT molecular complexity index is 435. The second-order valence-corrected chi connectivity index (χ2v) is 6.22. The van der Waals surface area contributed by atoms with Gasteiger partial charge >= 0.3 is 5.97 Å². The van der Waals surface area contributed by atoms with Crippen molar-refractivity contribution in [2.24, 2.45) is 17.3 Å². The fourth-order valence-electron chi connectivity index (χ4n) is 4.09. The minimum absolute atomic E-state index is 0.0549. The highest BCUT2D eigenvalue weighted by atomic mass is 16.5. The molecule has 104 valence electrons. The van der Waals surface area contributed by atoms with Crippen LogP contribution in [0.25, 0.3) is 0 Å². The van der Waals surface area contributed by atoms with Gasteiger partial charge in [0.1, 0.15) is 6.10 Å². The Balaban J connectivity index is 2.17. The first-order valence-corrected chi connectivity index (χ1v) is 7.23. The Labute approximate surface area is 115 Å². The Morgan fingerprint density at radius 3 is 3.05 bits per heavy atom. The van der Waals surface area contributed by atoms with E-state index in [-0.39, 0.29) is 17.5 Å². The third-order valence-electron chi connectivity index (χ3n) is 4.95. The van der Waals surface area contributed by atoms with Crippen molar-refractivity contribution in [3.63, 3.8) is 0 Å². The normalized spacial score (nSPS) is 34.9. The van der Waals surface area contributed by atoms with Crippen molar-refractivity contribution in [2.75, 3.05) is 0 Å². The molecule has 1 unspecified atom stereocenters. The van der Waals surface area contributed by atoms with Crippen molar-refractivity contribution in [1.29, 1.82) is 5.26 Å². The quantitative estimate of drug-likeness (QED) is 0.576. The molecule has 0 spiro atoms. The highest BCUT2D eigenvalue weighted by molar-refractivity contribution is 5.66. The van der Waals surface area contributed by atoms with Gasteiger partial charge in [0.25, 0.3) is 0 Å². The van der Waals surface area contributed by atoms with Crippen LogP contribution in [0.4, 0.5) is 0 Å². The zero-order valence-corrected chi connectivity index (χ0v) is 12.1. The van der Waals surface area contributed by atoms with E-state index in [4.69, 9.17) is 10.00 Å². The lowest BCUT2D eigenvalue weighted by atomic mass is 9.63. The first-order chi connectivity index (χ1) is 8.99. The van der Waals surface area contributed by atoms with Crippen LogP contribution >= 0.6 is 0 Å². The molecule has 0 bridgehead atoms. The number of hydrogen-bond donors (Lipinski definition) is 0. The lowest BCUT2D eigenvalue weighted by molar-refractivity contribution is -0.153. The maximum Gasteiger partial charge on any atom is 0.302 e. The van der Waals surface area contributed by atoms with E-state index in [1.54, 1.807) is 0 Å². The van der Waals surface area contributed by atoms with E-state index in [2.05, 4.69) is 26.0 Å². The van der Waals surface area contributed by atoms with E-state index in [9.17, 15) is 4.79 Å². The number of fused-ring (bicyclic) bond motifs is 1. The predicted molar refractivity (Wildman–Crippen MR) is 73.1 cm³/mol. The first-order valence-electron chi connectivity index (χ1n) is 7.23. The molecule has 0 aromatic carbocycles. The summed E-state index contributed by atoms with van der Waals surface area (Å²) in [4.78, 5) is 11.2. The molecule has 0 aliphatic heterocycles. The van der Waals surface area contributed by atoms with Crippen LogP contribution in [0.15, 0.2) is 11.6 Å². The lowest BCUT2D eigenvalue weighted by Gasteiger charge is -2.44. The molecule has 2 aliphatic carbocycles. The molecule has 19 heavy (non-hydrogen) atoms. The number of allylic oxidation sites excluding steroid dienone is 2. The summed E-state index contributed by atoms with van der Waals surface area (Å²) in [6, 6.07) is 2.27. The summed E-state index contributed by atoms with van der Waals surface area (Å²) in [6.45, 7) is 5.92. The maximum atomic E-state index is 11.2. The molecular weight excluding hydrogens is 238 g/mol. The summed E-state index contributed by atoms with van der Waals surface area (Å²) in [7, 11) is 0. The number of carbonyl (C=O) groups is 1. The summed E-state index contributed by atoms with van der Waals surface area (Å²) in [6.07, 6.45) is 7.14. The number of ether oxygens (including phenoxy) is 1. The van der Waals surface area contributed by atoms with Gasteiger partial charge in [-0.1, -0.05) is 25.5 Å². The second kappa shape index (κ2) is 5.36. The molecular formula is C16H23NO2. The molecule has 0 radical (unpaired) electrons. The number of rotatable bonds is 3. The molecule has 2 rings (SSSR count). The molecule has 3 heteroatoms. The van der Waals surface area contributed by atoms with Crippen molar-refractivity contribution >= 4 is 5.97 Å². The summed E-state index contributed by atoms with van der Waals surface area (Å²) in [5, 5.41) is 8.90. The van der Waals surface area contributed by atoms with Gasteiger partial charge in [0.15, 0.2) is 0 Å². The van der Waals surface area contributed by atoms with Crippen LogP contribution in [0.1, 0.15) is 52.9 Å². The Morgan fingerprint density at radius 2 is 2.42 bits per heavy atom. The van der Waals surface area contributed by atoms with Crippen molar-refractivity contribution in [1.82, 2.24) is 0 Å². The summed E-state index contributed by atoms with van der Waals surface area (Å²) < 4.78 is 5.52. The molecule has 3 nitrogen and oxygen atoms in total. The van der Waals surface area contributed by atoms with Crippen LogP contribution in [0, 0.1) is 28.6 Å². The Morgan fingerprint density at radius 1 is 1.68 bits per heavy atom. The van der Waals surface area contributed by atoms with Gasteiger partial charge in [0.2, 0.25) is 0 Å². The van der Waals surface area contributed by atoms with Crippen LogP contribution in [-0.2, 0) is 9.53 Å². The largest absolute Gasteiger partial charge is 0.462 e. The van der Waals surface area contributed by atoms with Crippen LogP contribution in [0.3, 0.4) is 0 Å². The fraction of sp³-hybridized carbons (Fsp3) is 0.750. The highest BCUT2D eigenvalue weighted by Gasteiger charge is 2.49. The number of hydrogen-bond acceptors (Lipinski definition) is 3. The van der Waals surface area contributed by atoms with E-state index >= 15 is 0 Å². The molecule has 2 aliphatic rings. The highest BCUT2D eigenvalue weighted by Crippen LogP contribution is 2.55. The van der Waals surface area contributed by atoms with E-state index < -0.39 is 0 Å². The number of carbonyl (C=O) groups excluding carboxylic acids is 1. The van der Waals surface area contributed by atoms with Gasteiger partial charge in [-0.15, -0.1) is 0 Å². The van der Waals surface area contributed by atoms with Crippen molar-refractivity contribution in [2.45, 2.75) is 59.0 Å². The monoisotopic (exact) mass is 261 g/mol. The van der Waals surface area contributed by atoms with Gasteiger partial charge in [-0.05, 0) is 37.0 Å². The van der Waals surface area contributed by atoms with Crippen LogP contribution in [-0.4, -0.2) is 12.1 Å². The molecule has 4 atom stereocenters. The molecule has 0 saturated heterocycles. The van der Waals surface area contributed by atoms with E-state index in [1.165, 1.54) is 12.5 Å². The topological polar surface area (TPSA) is 50.1 Å². The molecule has 1 saturated carbocycles. The molecule has 1 fully saturated rings. The van der Waals surface area contributed by atoms with Crippen molar-refractivity contribution < 1.29 is 9.53 Å². The molecule has 0 heterocycles. The summed E-state index contributed by atoms with van der Waals surface area (Å²) >= 11 is 0. The van der Waals surface area contributed by atoms with Crippen molar-refractivity contribution in [3.8, 4) is 6.07 Å². The minimum atomic E-state index is -0.173. The number of esters is 1. The zero-order chi connectivity index (χ0) is 14.0. The van der Waals surface area contributed by atoms with Gasteiger partial charge in [0, 0.05) is 19.3 Å². The summed E-state index contributed by atoms with van der Waals surface area (Å²) in [5.74, 6) is 0.546. The molecule has 0 aromatic heterocycles. The summed E-state index contributed by atoms with van der Waals surface area (Å²) in [5.41, 5.74) is 1.53. The van der Waals surface area contributed by atoms with Gasteiger partial charge in [-0.2, -0.15) is 5.26 Å². The van der Waals surface area contributed by atoms with Gasteiger partial charge < -0.3 is 4.74 Å². The van der Waals surface area contributed by atoms with Gasteiger partial charge in [-0.3, -0.25) is 4.79 Å². The fourth-order valence-corrected chi connectivity index (χ4v) is 4.09. The van der Waals surface area contributed by atoms with E-state index in [0.717, 1.165) is 25.7 Å². The van der Waals surface area contributed by atoms with E-state index in [0.29, 0.717) is 18.3 Å². The first kappa shape index (κ1) is 14.1. The molecule has 0 amide bonds. The Kier molecular flexibility index (Phi) is 3.99. The van der Waals surface area contributed by atoms with Crippen molar-refractivity contribution in [3.05, 3.63) is 11.6 Å². The van der Waals surface area contributed by atoms with Gasteiger partial charge in [0.05, 0.1) is 6.07 Å². The van der Waals surface area contributed by atoms with Crippen LogP contribution < -0.4 is 0 Å². The standard InChI is InChI=1S/C16H23NO2/c1-11(8-10-17)13-6-7-14-15(19-12(2)18)5-4-9-16(13,14)3/h6,11,14-15H,4-5,7-9H2,1-3H3/t11?,14-,15-,16+/m0/s1. The molecule has 0 N–H and O–H groups in total. The van der Waals surface area contributed by atoms with Gasteiger partial charge in [-0.25, -0.2) is 0 Å². The third kappa shape index (κ3) is 2.54. The number of nitriles is 1. The van der Waals surface area contributed by atoms with Crippen LogP contribution in [0.2, 0.25) is 0 Å². The smallest absolute Gasteiger partial charge is 0.302 e. The average Bonchev–Trinajstić information content (AvgIpc) is 2.67. The number of nitrogens with zero attached hydrogens (tertiary/aromatic N) is 1.